The summed E-state index contributed by atoms with van der Waals surface area (Å²) in [6.07, 6.45) is 0. The highest BCUT2D eigenvalue weighted by molar-refractivity contribution is 6.30. The largest absolute Gasteiger partial charge is 0.497 e. The maximum Gasteiger partial charge on any atom is 0.276 e. The van der Waals surface area contributed by atoms with Gasteiger partial charge in [-0.1, -0.05) is 23.7 Å². The van der Waals surface area contributed by atoms with E-state index in [9.17, 15) is 14.0 Å². The van der Waals surface area contributed by atoms with Crippen molar-refractivity contribution >= 4 is 23.4 Å². The highest BCUT2D eigenvalue weighted by Crippen LogP contribution is 2.29. The Hall–Kier alpha value is -3.39. The Morgan fingerprint density at radius 3 is 2.76 bits per heavy atom. The monoisotopic (exact) mass is 414 g/mol. The average molecular weight is 415 g/mol. The fraction of sp³-hybridized carbons (Fsp3) is 0.150. The van der Waals surface area contributed by atoms with Gasteiger partial charge in [0.25, 0.3) is 5.91 Å². The van der Waals surface area contributed by atoms with Crippen molar-refractivity contribution in [2.24, 2.45) is 0 Å². The van der Waals surface area contributed by atoms with Crippen LogP contribution in [0, 0.1) is 5.82 Å². The standard InChI is InChI=1S/C20H16ClFN4O3/c1-29-14-4-2-3-12(7-14)18-9-17(20(28)25-10-19(27)23-11-25)24-26(18)13-5-6-16(22)15(21)8-13/h2-9H,10-11H2,1H3,(H,23,27). The van der Waals surface area contributed by atoms with E-state index in [-0.39, 0.29) is 35.7 Å². The van der Waals surface area contributed by atoms with Crippen LogP contribution in [0.25, 0.3) is 16.9 Å². The van der Waals surface area contributed by atoms with Crippen molar-refractivity contribution in [2.45, 2.75) is 0 Å². The molecule has 0 bridgehead atoms. The number of hydrogen-bond donors (Lipinski definition) is 1. The van der Waals surface area contributed by atoms with Crippen LogP contribution in [0.4, 0.5) is 4.39 Å². The van der Waals surface area contributed by atoms with Gasteiger partial charge in [-0.05, 0) is 36.4 Å². The molecule has 0 unspecified atom stereocenters. The number of amides is 2. The van der Waals surface area contributed by atoms with Crippen molar-refractivity contribution < 1.29 is 18.7 Å². The molecular weight excluding hydrogens is 399 g/mol. The number of halogens is 2. The van der Waals surface area contributed by atoms with E-state index in [4.69, 9.17) is 16.3 Å². The van der Waals surface area contributed by atoms with E-state index in [0.717, 1.165) is 5.56 Å². The normalized spacial score (nSPS) is 13.5. The first-order chi connectivity index (χ1) is 14.0. The molecule has 1 fully saturated rings. The van der Waals surface area contributed by atoms with Crippen LogP contribution in [0.2, 0.25) is 5.02 Å². The predicted octanol–water partition coefficient (Wildman–Crippen LogP) is 2.87. The van der Waals surface area contributed by atoms with E-state index in [1.165, 1.54) is 27.8 Å². The van der Waals surface area contributed by atoms with Gasteiger partial charge in [0.1, 0.15) is 18.1 Å². The topological polar surface area (TPSA) is 76.5 Å². The van der Waals surface area contributed by atoms with Crippen molar-refractivity contribution in [1.82, 2.24) is 20.0 Å². The van der Waals surface area contributed by atoms with Crippen molar-refractivity contribution in [3.05, 3.63) is 65.1 Å². The summed E-state index contributed by atoms with van der Waals surface area (Å²) in [6, 6.07) is 13.1. The summed E-state index contributed by atoms with van der Waals surface area (Å²) in [6.45, 7) is 0.101. The first kappa shape index (κ1) is 18.9. The molecule has 1 aliphatic heterocycles. The van der Waals surface area contributed by atoms with Crippen LogP contribution < -0.4 is 10.1 Å². The SMILES string of the molecule is COc1cccc(-c2cc(C(=O)N3CNC(=O)C3)nn2-c2ccc(F)c(Cl)c2)c1. The molecule has 2 heterocycles. The minimum Gasteiger partial charge on any atom is -0.497 e. The van der Waals surface area contributed by atoms with Crippen molar-refractivity contribution in [2.75, 3.05) is 20.3 Å². The quantitative estimate of drug-likeness (QED) is 0.712. The zero-order chi connectivity index (χ0) is 20.5. The second-order valence-electron chi connectivity index (χ2n) is 6.42. The molecule has 4 rings (SSSR count). The van der Waals surface area contributed by atoms with Gasteiger partial charge in [0.15, 0.2) is 5.69 Å². The lowest BCUT2D eigenvalue weighted by Crippen LogP contribution is -2.30. The number of nitrogens with one attached hydrogen (secondary N) is 1. The van der Waals surface area contributed by atoms with E-state index in [1.807, 2.05) is 12.1 Å². The Kier molecular flexibility index (Phi) is 4.94. The number of hydrogen-bond acceptors (Lipinski definition) is 4. The predicted molar refractivity (Wildman–Crippen MR) is 105 cm³/mol. The van der Waals surface area contributed by atoms with Crippen LogP contribution in [0.1, 0.15) is 10.5 Å². The van der Waals surface area contributed by atoms with Gasteiger partial charge < -0.3 is 15.0 Å². The molecule has 148 valence electrons. The smallest absolute Gasteiger partial charge is 0.276 e. The van der Waals surface area contributed by atoms with Gasteiger partial charge in [0.05, 0.1) is 30.2 Å². The summed E-state index contributed by atoms with van der Waals surface area (Å²) >= 11 is 5.94. The third kappa shape index (κ3) is 3.66. The van der Waals surface area contributed by atoms with Gasteiger partial charge in [-0.15, -0.1) is 0 Å². The molecule has 1 aromatic heterocycles. The van der Waals surface area contributed by atoms with E-state index in [1.54, 1.807) is 25.3 Å². The average Bonchev–Trinajstić information content (AvgIpc) is 3.36. The maximum atomic E-state index is 13.6. The number of carbonyl (C=O) groups excluding carboxylic acids is 2. The third-order valence-electron chi connectivity index (χ3n) is 4.53. The van der Waals surface area contributed by atoms with E-state index < -0.39 is 5.82 Å². The molecule has 3 aromatic rings. The Balaban J connectivity index is 1.83. The molecule has 0 radical (unpaired) electrons. The number of benzene rings is 2. The Morgan fingerprint density at radius 2 is 2.07 bits per heavy atom. The summed E-state index contributed by atoms with van der Waals surface area (Å²) in [5, 5.41) is 6.95. The minimum absolute atomic E-state index is 0.0252. The van der Waals surface area contributed by atoms with Crippen LogP contribution in [-0.2, 0) is 4.79 Å². The lowest BCUT2D eigenvalue weighted by atomic mass is 10.1. The molecule has 1 saturated heterocycles. The molecule has 1 N–H and O–H groups in total. The summed E-state index contributed by atoms with van der Waals surface area (Å²) < 4.78 is 20.4. The van der Waals surface area contributed by atoms with E-state index in [2.05, 4.69) is 10.4 Å². The van der Waals surface area contributed by atoms with E-state index in [0.29, 0.717) is 17.1 Å². The number of carbonyl (C=O) groups is 2. The molecule has 9 heteroatoms. The van der Waals surface area contributed by atoms with Crippen LogP contribution in [0.3, 0.4) is 0 Å². The molecule has 29 heavy (non-hydrogen) atoms. The number of ether oxygens (including phenoxy) is 1. The molecule has 0 spiro atoms. The second kappa shape index (κ2) is 7.56. The van der Waals surface area contributed by atoms with Gasteiger partial charge in [-0.25, -0.2) is 9.07 Å². The molecule has 0 saturated carbocycles. The Morgan fingerprint density at radius 1 is 1.24 bits per heavy atom. The number of rotatable bonds is 4. The summed E-state index contributed by atoms with van der Waals surface area (Å²) in [5.74, 6) is -0.534. The molecule has 2 amide bonds. The van der Waals surface area contributed by atoms with Crippen LogP contribution in [0.5, 0.6) is 5.75 Å². The zero-order valence-corrected chi connectivity index (χ0v) is 16.1. The third-order valence-corrected chi connectivity index (χ3v) is 4.82. The Labute approximate surface area is 170 Å². The fourth-order valence-electron chi connectivity index (χ4n) is 3.06. The molecule has 2 aromatic carbocycles. The van der Waals surface area contributed by atoms with Crippen LogP contribution in [-0.4, -0.2) is 46.8 Å². The first-order valence-electron chi connectivity index (χ1n) is 8.72. The zero-order valence-electron chi connectivity index (χ0n) is 15.4. The summed E-state index contributed by atoms with van der Waals surface area (Å²) in [4.78, 5) is 25.6. The first-order valence-corrected chi connectivity index (χ1v) is 9.10. The molecule has 7 nitrogen and oxygen atoms in total. The van der Waals surface area contributed by atoms with Crippen LogP contribution >= 0.6 is 11.6 Å². The van der Waals surface area contributed by atoms with Gasteiger partial charge in [0, 0.05) is 5.56 Å². The Bertz CT molecular complexity index is 1110. The second-order valence-corrected chi connectivity index (χ2v) is 6.83. The van der Waals surface area contributed by atoms with Gasteiger partial charge in [-0.3, -0.25) is 9.59 Å². The highest BCUT2D eigenvalue weighted by Gasteiger charge is 2.27. The summed E-state index contributed by atoms with van der Waals surface area (Å²) in [5.41, 5.74) is 1.98. The van der Waals surface area contributed by atoms with Gasteiger partial charge >= 0.3 is 0 Å². The lowest BCUT2D eigenvalue weighted by molar-refractivity contribution is -0.118. The lowest BCUT2D eigenvalue weighted by Gasteiger charge is -2.10. The molecule has 1 aliphatic rings. The molecule has 0 atom stereocenters. The van der Waals surface area contributed by atoms with Crippen molar-refractivity contribution in [3.8, 4) is 22.7 Å². The van der Waals surface area contributed by atoms with Gasteiger partial charge in [-0.2, -0.15) is 5.10 Å². The maximum absolute atomic E-state index is 13.6. The number of nitrogens with zero attached hydrogens (tertiary/aromatic N) is 3. The molecule has 0 aliphatic carbocycles. The number of methoxy groups -OCH3 is 1. The highest BCUT2D eigenvalue weighted by atomic mass is 35.5. The fourth-order valence-corrected chi connectivity index (χ4v) is 3.24. The number of aromatic nitrogens is 2. The van der Waals surface area contributed by atoms with Crippen molar-refractivity contribution in [1.29, 1.82) is 0 Å². The van der Waals surface area contributed by atoms with Crippen LogP contribution in [0.15, 0.2) is 48.5 Å². The van der Waals surface area contributed by atoms with Crippen molar-refractivity contribution in [3.63, 3.8) is 0 Å². The van der Waals surface area contributed by atoms with E-state index >= 15 is 0 Å². The minimum atomic E-state index is -0.552. The van der Waals surface area contributed by atoms with Gasteiger partial charge in [0.2, 0.25) is 5.91 Å². The molecular formula is C20H16ClFN4O3. The summed E-state index contributed by atoms with van der Waals surface area (Å²) in [7, 11) is 1.56.